The topological polar surface area (TPSA) is 0 Å². The molecule has 2 aliphatic carbocycles. The Morgan fingerprint density at radius 3 is 2.00 bits per heavy atom. The number of hydrogen-bond acceptors (Lipinski definition) is 0. The third-order valence-corrected chi connectivity index (χ3v) is 6.67. The van der Waals surface area contributed by atoms with Crippen LogP contribution in [0.3, 0.4) is 0 Å². The predicted octanol–water partition coefficient (Wildman–Crippen LogP) is 7.14. The van der Waals surface area contributed by atoms with Crippen LogP contribution in [0.2, 0.25) is 0 Å². The molecule has 0 bridgehead atoms. The van der Waals surface area contributed by atoms with Crippen LogP contribution >= 0.6 is 15.9 Å². The Bertz CT molecular complexity index is 1170. The summed E-state index contributed by atoms with van der Waals surface area (Å²) in [7, 11) is 0. The number of hydrogen-bond donors (Lipinski definition) is 0. The zero-order valence-corrected chi connectivity index (χ0v) is 16.4. The summed E-state index contributed by atoms with van der Waals surface area (Å²) in [5.74, 6) is -0.612. The number of rotatable bonds is 2. The first-order valence-corrected chi connectivity index (χ1v) is 9.78. The average molecular weight is 433 g/mol. The van der Waals surface area contributed by atoms with Crippen molar-refractivity contribution in [2.45, 2.75) is 5.41 Å². The molecule has 0 unspecified atom stereocenters. The van der Waals surface area contributed by atoms with Crippen molar-refractivity contribution >= 4 is 21.5 Å². The largest absolute Gasteiger partial charge is 0.207 e. The summed E-state index contributed by atoms with van der Waals surface area (Å²) in [6.07, 6.45) is 5.58. The fraction of sp³-hybridized carbons (Fsp3) is 0.0400. The van der Waals surface area contributed by atoms with Crippen molar-refractivity contribution in [1.82, 2.24) is 0 Å². The van der Waals surface area contributed by atoms with Gasteiger partial charge in [-0.1, -0.05) is 77.1 Å². The molecule has 0 atom stereocenters. The van der Waals surface area contributed by atoms with E-state index in [1.54, 1.807) is 30.3 Å². The van der Waals surface area contributed by atoms with Gasteiger partial charge in [0.15, 0.2) is 0 Å². The van der Waals surface area contributed by atoms with Gasteiger partial charge in [0.25, 0.3) is 0 Å². The highest BCUT2D eigenvalue weighted by molar-refractivity contribution is 9.12. The molecule has 3 aromatic carbocycles. The first-order valence-electron chi connectivity index (χ1n) is 8.98. The molecule has 0 radical (unpaired) electrons. The van der Waals surface area contributed by atoms with Gasteiger partial charge in [0.05, 0.1) is 5.41 Å². The van der Waals surface area contributed by atoms with Crippen LogP contribution in [0, 0.1) is 11.6 Å². The molecule has 2 aliphatic rings. The van der Waals surface area contributed by atoms with E-state index >= 15 is 0 Å². The van der Waals surface area contributed by atoms with Crippen molar-refractivity contribution in [2.24, 2.45) is 0 Å². The van der Waals surface area contributed by atoms with E-state index in [9.17, 15) is 8.78 Å². The van der Waals surface area contributed by atoms with E-state index in [4.69, 9.17) is 0 Å². The van der Waals surface area contributed by atoms with Gasteiger partial charge in [-0.25, -0.2) is 8.78 Å². The lowest BCUT2D eigenvalue weighted by Gasteiger charge is -2.30. The van der Waals surface area contributed by atoms with E-state index in [0.29, 0.717) is 0 Å². The fourth-order valence-electron chi connectivity index (χ4n) is 4.61. The molecule has 0 saturated carbocycles. The molecule has 0 N–H and O–H groups in total. The quantitative estimate of drug-likeness (QED) is 0.377. The molecule has 3 aromatic rings. The minimum atomic E-state index is -0.772. The Morgan fingerprint density at radius 1 is 0.786 bits per heavy atom. The van der Waals surface area contributed by atoms with E-state index in [0.717, 1.165) is 43.4 Å². The zero-order chi connectivity index (χ0) is 19.5. The summed E-state index contributed by atoms with van der Waals surface area (Å²) in [4.78, 5) is 0. The van der Waals surface area contributed by atoms with Gasteiger partial charge in [0.1, 0.15) is 11.6 Å². The van der Waals surface area contributed by atoms with Gasteiger partial charge >= 0.3 is 0 Å². The Kier molecular flexibility index (Phi) is 3.78. The minimum absolute atomic E-state index is 0.306. The summed E-state index contributed by atoms with van der Waals surface area (Å²) >= 11 is 3.84. The molecule has 0 saturated heterocycles. The van der Waals surface area contributed by atoms with Crippen LogP contribution in [-0.4, -0.2) is 0 Å². The summed E-state index contributed by atoms with van der Waals surface area (Å²) in [5.41, 5.74) is 5.79. The summed E-state index contributed by atoms with van der Waals surface area (Å²) in [6.45, 7) is 3.76. The average Bonchev–Trinajstić information content (AvgIpc) is 3.11. The van der Waals surface area contributed by atoms with Crippen molar-refractivity contribution in [1.29, 1.82) is 0 Å². The van der Waals surface area contributed by atoms with Gasteiger partial charge < -0.3 is 0 Å². The zero-order valence-electron chi connectivity index (χ0n) is 14.8. The van der Waals surface area contributed by atoms with Crippen LogP contribution in [0.4, 0.5) is 8.78 Å². The third kappa shape index (κ3) is 2.08. The molecule has 5 rings (SSSR count). The number of halogens is 3. The highest BCUT2D eigenvalue weighted by Gasteiger charge is 2.52. The molecule has 0 aromatic heterocycles. The smallest absolute Gasteiger partial charge is 0.123 e. The Labute approximate surface area is 170 Å². The predicted molar refractivity (Wildman–Crippen MR) is 113 cm³/mol. The fourth-order valence-corrected chi connectivity index (χ4v) is 5.59. The van der Waals surface area contributed by atoms with Gasteiger partial charge in [0.2, 0.25) is 0 Å². The lowest BCUT2D eigenvalue weighted by atomic mass is 9.74. The maximum Gasteiger partial charge on any atom is 0.123 e. The van der Waals surface area contributed by atoms with Gasteiger partial charge in [-0.2, -0.15) is 0 Å². The lowest BCUT2D eigenvalue weighted by molar-refractivity contribution is 0.618. The molecule has 0 fully saturated rings. The molecule has 28 heavy (non-hydrogen) atoms. The molecular weight excluding hydrogens is 418 g/mol. The van der Waals surface area contributed by atoms with Crippen molar-refractivity contribution in [3.8, 4) is 11.1 Å². The normalized spacial score (nSPS) is 15.8. The van der Waals surface area contributed by atoms with Gasteiger partial charge in [0, 0.05) is 4.48 Å². The number of fused-ring (bicyclic) bond motifs is 7. The maximum absolute atomic E-state index is 14.4. The standard InChI is InChI=1S/C25H15BrF2/c1-2-3-6-20-17-7-4-5-8-21(17)25(24(20)26)22-13-15(27)9-11-18(22)19-12-10-16(28)14-23(19)25/h2-14H,1H2/b6-3-. The first kappa shape index (κ1) is 17.3. The van der Waals surface area contributed by atoms with E-state index in [1.165, 1.54) is 12.1 Å². The van der Waals surface area contributed by atoms with Crippen molar-refractivity contribution in [3.05, 3.63) is 124 Å². The van der Waals surface area contributed by atoms with Crippen LogP contribution in [0.25, 0.3) is 16.7 Å². The lowest BCUT2D eigenvalue weighted by Crippen LogP contribution is -2.25. The highest BCUT2D eigenvalue weighted by Crippen LogP contribution is 2.63. The molecule has 3 heteroatoms. The SMILES string of the molecule is C=C/C=C\C1=C(Br)C2(c3ccccc31)c1cc(F)ccc1-c1ccc(F)cc12. The summed E-state index contributed by atoms with van der Waals surface area (Å²) in [5, 5.41) is 0. The van der Waals surface area contributed by atoms with Gasteiger partial charge in [-0.3, -0.25) is 0 Å². The summed E-state index contributed by atoms with van der Waals surface area (Å²) in [6, 6.07) is 17.7. The Morgan fingerprint density at radius 2 is 1.39 bits per heavy atom. The van der Waals surface area contributed by atoms with Gasteiger partial charge in [-0.05, 0) is 63.2 Å². The van der Waals surface area contributed by atoms with E-state index in [-0.39, 0.29) is 11.6 Å². The van der Waals surface area contributed by atoms with Crippen LogP contribution in [-0.2, 0) is 5.41 Å². The molecule has 136 valence electrons. The monoisotopic (exact) mass is 432 g/mol. The number of allylic oxidation sites excluding steroid dienone is 5. The van der Waals surface area contributed by atoms with Crippen LogP contribution in [0.15, 0.2) is 90.0 Å². The second kappa shape index (κ2) is 6.11. The van der Waals surface area contributed by atoms with Crippen molar-refractivity contribution in [3.63, 3.8) is 0 Å². The Hall–Kier alpha value is -2.78. The second-order valence-corrected chi connectivity index (χ2v) is 7.79. The van der Waals surface area contributed by atoms with Crippen molar-refractivity contribution < 1.29 is 8.78 Å². The first-order chi connectivity index (χ1) is 13.6. The van der Waals surface area contributed by atoms with E-state index < -0.39 is 5.41 Å². The van der Waals surface area contributed by atoms with Gasteiger partial charge in [-0.15, -0.1) is 0 Å². The molecule has 0 amide bonds. The molecule has 1 spiro atoms. The minimum Gasteiger partial charge on any atom is -0.207 e. The molecule has 0 aliphatic heterocycles. The van der Waals surface area contributed by atoms with Crippen molar-refractivity contribution in [2.75, 3.05) is 0 Å². The molecule has 0 heterocycles. The number of benzene rings is 3. The molecule has 0 nitrogen and oxygen atoms in total. The van der Waals surface area contributed by atoms with Crippen LogP contribution in [0.1, 0.15) is 22.3 Å². The van der Waals surface area contributed by atoms with E-state index in [2.05, 4.69) is 22.5 Å². The highest BCUT2D eigenvalue weighted by atomic mass is 79.9. The third-order valence-electron chi connectivity index (χ3n) is 5.65. The Balaban J connectivity index is 1.98. The molecular formula is C25H15BrF2. The van der Waals surface area contributed by atoms with Crippen LogP contribution < -0.4 is 0 Å². The summed E-state index contributed by atoms with van der Waals surface area (Å²) < 4.78 is 29.6. The maximum atomic E-state index is 14.4. The van der Waals surface area contributed by atoms with Crippen LogP contribution in [0.5, 0.6) is 0 Å². The van der Waals surface area contributed by atoms with E-state index in [1.807, 2.05) is 36.4 Å². The second-order valence-electron chi connectivity index (χ2n) is 7.00.